The molecule has 2 aromatic rings. The fourth-order valence-corrected chi connectivity index (χ4v) is 3.81. The van der Waals surface area contributed by atoms with Crippen LogP contribution in [0.2, 0.25) is 0 Å². The molecule has 126 valence electrons. The van der Waals surface area contributed by atoms with Gasteiger partial charge in [-0.2, -0.15) is 0 Å². The van der Waals surface area contributed by atoms with Crippen LogP contribution in [0.5, 0.6) is 0 Å². The molecule has 1 aliphatic heterocycles. The van der Waals surface area contributed by atoms with Gasteiger partial charge < -0.3 is 0 Å². The zero-order valence-electron chi connectivity index (χ0n) is 15.0. The number of benzene rings is 2. The Hall–Kier alpha value is -2.32. The van der Waals surface area contributed by atoms with Gasteiger partial charge in [0.25, 0.3) is 0 Å². The Labute approximate surface area is 154 Å². The van der Waals surface area contributed by atoms with Crippen LogP contribution in [0, 0.1) is 0 Å². The second-order valence-corrected chi connectivity index (χ2v) is 6.85. The van der Waals surface area contributed by atoms with E-state index in [1.165, 1.54) is 26.5 Å². The molecule has 0 N–H and O–H groups in total. The quantitative estimate of drug-likeness (QED) is 0.535. The lowest BCUT2D eigenvalue weighted by atomic mass is 10.0. The molecule has 0 amide bonds. The van der Waals surface area contributed by atoms with Crippen LogP contribution in [0.4, 0.5) is 5.69 Å². The molecule has 0 aromatic heterocycles. The summed E-state index contributed by atoms with van der Waals surface area (Å²) >= 11 is 1.80. The van der Waals surface area contributed by atoms with Gasteiger partial charge in [0.1, 0.15) is 0 Å². The molecular formula is C23H23NS. The van der Waals surface area contributed by atoms with E-state index in [1.54, 1.807) is 11.8 Å². The highest BCUT2D eigenvalue weighted by atomic mass is 32.2. The third-order valence-electron chi connectivity index (χ3n) is 4.02. The number of allylic oxidation sites excluding steroid dienone is 6. The maximum Gasteiger partial charge on any atom is 0.0793 e. The average molecular weight is 346 g/mol. The fraction of sp³-hybridized carbons (Fsp3) is 0.174. The van der Waals surface area contributed by atoms with Gasteiger partial charge >= 0.3 is 0 Å². The highest BCUT2D eigenvalue weighted by Gasteiger charge is 2.18. The highest BCUT2D eigenvalue weighted by Crippen LogP contribution is 2.41. The van der Waals surface area contributed by atoms with Gasteiger partial charge in [-0.1, -0.05) is 85.8 Å². The van der Waals surface area contributed by atoms with Crippen LogP contribution in [-0.4, -0.2) is 5.71 Å². The molecule has 2 aliphatic rings. The summed E-state index contributed by atoms with van der Waals surface area (Å²) in [7, 11) is 0. The minimum Gasteiger partial charge on any atom is -0.247 e. The summed E-state index contributed by atoms with van der Waals surface area (Å²) in [6.07, 6.45) is 9.80. The van der Waals surface area contributed by atoms with E-state index in [9.17, 15) is 0 Å². The van der Waals surface area contributed by atoms with Crippen LogP contribution in [0.15, 0.2) is 98.8 Å². The second-order valence-electron chi connectivity index (χ2n) is 5.77. The Morgan fingerprint density at radius 2 is 1.60 bits per heavy atom. The summed E-state index contributed by atoms with van der Waals surface area (Å²) in [4.78, 5) is 7.49. The molecule has 0 saturated carbocycles. The first-order valence-corrected chi connectivity index (χ1v) is 9.62. The van der Waals surface area contributed by atoms with Crippen molar-refractivity contribution < 1.29 is 0 Å². The maximum atomic E-state index is 5.02. The Morgan fingerprint density at radius 1 is 0.880 bits per heavy atom. The fourth-order valence-electron chi connectivity index (χ4n) is 2.79. The van der Waals surface area contributed by atoms with Gasteiger partial charge in [0.15, 0.2) is 0 Å². The van der Waals surface area contributed by atoms with Crippen LogP contribution in [-0.2, 0) is 0 Å². The molecule has 25 heavy (non-hydrogen) atoms. The van der Waals surface area contributed by atoms with Gasteiger partial charge in [-0.15, -0.1) is 0 Å². The molecule has 2 aromatic carbocycles. The normalized spacial score (nSPS) is 15.2. The first-order valence-electron chi connectivity index (χ1n) is 8.80. The van der Waals surface area contributed by atoms with Crippen molar-refractivity contribution >= 4 is 23.2 Å². The van der Waals surface area contributed by atoms with E-state index < -0.39 is 0 Å². The summed E-state index contributed by atoms with van der Waals surface area (Å²) < 4.78 is 0. The number of fused-ring (bicyclic) bond motifs is 2. The zero-order chi connectivity index (χ0) is 17.6. The minimum absolute atomic E-state index is 1.00. The molecule has 0 bridgehead atoms. The molecule has 1 heterocycles. The van der Waals surface area contributed by atoms with Crippen molar-refractivity contribution in [2.45, 2.75) is 37.0 Å². The third-order valence-corrected chi connectivity index (χ3v) is 5.16. The lowest BCUT2D eigenvalue weighted by Gasteiger charge is -2.09. The average Bonchev–Trinajstić information content (AvgIpc) is 2.97. The van der Waals surface area contributed by atoms with E-state index >= 15 is 0 Å². The maximum absolute atomic E-state index is 5.02. The molecule has 0 fully saturated rings. The summed E-state index contributed by atoms with van der Waals surface area (Å²) in [6.45, 7) is 6.16. The summed E-state index contributed by atoms with van der Waals surface area (Å²) in [5, 5.41) is 0. The van der Waals surface area contributed by atoms with Crippen molar-refractivity contribution in [2.24, 2.45) is 4.99 Å². The van der Waals surface area contributed by atoms with Crippen molar-refractivity contribution in [2.75, 3.05) is 0 Å². The predicted octanol–water partition coefficient (Wildman–Crippen LogP) is 7.13. The lowest BCUT2D eigenvalue weighted by molar-refractivity contribution is 1.22. The van der Waals surface area contributed by atoms with Crippen LogP contribution >= 0.6 is 11.8 Å². The predicted molar refractivity (Wildman–Crippen MR) is 110 cm³/mol. The Bertz CT molecular complexity index is 884. The van der Waals surface area contributed by atoms with Crippen LogP contribution in [0.1, 0.15) is 32.8 Å². The van der Waals surface area contributed by atoms with Crippen molar-refractivity contribution in [1.82, 2.24) is 0 Å². The van der Waals surface area contributed by atoms with E-state index in [0.717, 1.165) is 17.8 Å². The molecule has 4 rings (SSSR count). The summed E-state index contributed by atoms with van der Waals surface area (Å²) in [5.74, 6) is 0. The minimum atomic E-state index is 1.00. The van der Waals surface area contributed by atoms with E-state index in [2.05, 4.69) is 79.8 Å². The van der Waals surface area contributed by atoms with Gasteiger partial charge in [-0.3, -0.25) is 0 Å². The molecule has 0 saturated heterocycles. The first-order chi connectivity index (χ1) is 12.3. The smallest absolute Gasteiger partial charge is 0.0793 e. The zero-order valence-corrected chi connectivity index (χ0v) is 15.8. The molecule has 0 unspecified atom stereocenters. The molecular weight excluding hydrogens is 322 g/mol. The molecule has 1 nitrogen and oxygen atoms in total. The van der Waals surface area contributed by atoms with E-state index in [0.29, 0.717) is 0 Å². The molecule has 0 radical (unpaired) electrons. The standard InChI is InChI=1S/C21H17NS.C2H6/c1-15-7-6-8-16(14-13-15)21-17-9-2-4-11-19(17)23-20-12-5-3-10-18(20)22-21;1-2/h2-6,8-14H,7H2,1H3;1-2H3. The highest BCUT2D eigenvalue weighted by molar-refractivity contribution is 7.99. The van der Waals surface area contributed by atoms with Gasteiger partial charge in [-0.25, -0.2) is 4.99 Å². The number of nitrogens with zero attached hydrogens (tertiary/aromatic N) is 1. The number of aliphatic imine (C=N–C) groups is 1. The molecule has 1 aliphatic carbocycles. The number of rotatable bonds is 1. The van der Waals surface area contributed by atoms with Gasteiger partial charge in [0.05, 0.1) is 11.4 Å². The van der Waals surface area contributed by atoms with Crippen molar-refractivity contribution in [3.8, 4) is 0 Å². The Balaban J connectivity index is 0.000000880. The number of hydrogen-bond acceptors (Lipinski definition) is 2. The van der Waals surface area contributed by atoms with Gasteiger partial charge in [-0.05, 0) is 31.5 Å². The number of para-hydroxylation sites is 1. The monoisotopic (exact) mass is 345 g/mol. The third kappa shape index (κ3) is 3.85. The molecule has 0 spiro atoms. The van der Waals surface area contributed by atoms with E-state index in [-0.39, 0.29) is 0 Å². The van der Waals surface area contributed by atoms with Crippen molar-refractivity contribution in [3.63, 3.8) is 0 Å². The van der Waals surface area contributed by atoms with Gasteiger partial charge in [0, 0.05) is 20.9 Å². The van der Waals surface area contributed by atoms with Crippen LogP contribution < -0.4 is 0 Å². The summed E-state index contributed by atoms with van der Waals surface area (Å²) in [6, 6.07) is 16.9. The molecule has 0 atom stereocenters. The Kier molecular flexibility index (Phi) is 5.72. The topological polar surface area (TPSA) is 12.4 Å². The second kappa shape index (κ2) is 8.17. The first kappa shape index (κ1) is 17.5. The van der Waals surface area contributed by atoms with Gasteiger partial charge in [0.2, 0.25) is 0 Å². The van der Waals surface area contributed by atoms with Crippen molar-refractivity contribution in [3.05, 3.63) is 89.5 Å². The lowest BCUT2D eigenvalue weighted by Crippen LogP contribution is -2.04. The van der Waals surface area contributed by atoms with Crippen LogP contribution in [0.3, 0.4) is 0 Å². The Morgan fingerprint density at radius 3 is 2.44 bits per heavy atom. The largest absolute Gasteiger partial charge is 0.247 e. The van der Waals surface area contributed by atoms with Crippen molar-refractivity contribution in [1.29, 1.82) is 0 Å². The van der Waals surface area contributed by atoms with E-state index in [4.69, 9.17) is 4.99 Å². The van der Waals surface area contributed by atoms with Crippen LogP contribution in [0.25, 0.3) is 0 Å². The number of hydrogen-bond donors (Lipinski definition) is 0. The van der Waals surface area contributed by atoms with E-state index in [1.807, 2.05) is 13.8 Å². The summed E-state index contributed by atoms with van der Waals surface area (Å²) in [5.41, 5.74) is 5.85. The SMILES string of the molecule is CC.CC1=CC=C(C2=Nc3ccccc3Sc3ccccc32)C=CC1. The molecule has 2 heteroatoms.